The first-order valence-corrected chi connectivity index (χ1v) is 6.23. The number of hydrogen-bond acceptors (Lipinski definition) is 3. The summed E-state index contributed by atoms with van der Waals surface area (Å²) in [5.41, 5.74) is 1.52. The Labute approximate surface area is 102 Å². The zero-order valence-corrected chi connectivity index (χ0v) is 10.4. The second-order valence-electron chi connectivity index (χ2n) is 4.01. The summed E-state index contributed by atoms with van der Waals surface area (Å²) in [5, 5.41) is 13.7. The van der Waals surface area contributed by atoms with Crippen LogP contribution in [0.15, 0.2) is 11.6 Å². The Morgan fingerprint density at radius 2 is 2.38 bits per heavy atom. The molecule has 0 aliphatic heterocycles. The van der Waals surface area contributed by atoms with E-state index in [1.54, 1.807) is 0 Å². The highest BCUT2D eigenvalue weighted by atomic mass is 32.1. The van der Waals surface area contributed by atoms with Crippen molar-refractivity contribution in [1.82, 2.24) is 10.3 Å². The van der Waals surface area contributed by atoms with Crippen molar-refractivity contribution < 1.29 is 5.11 Å². The van der Waals surface area contributed by atoms with Gasteiger partial charge in [0.2, 0.25) is 0 Å². The van der Waals surface area contributed by atoms with E-state index in [4.69, 9.17) is 23.2 Å². The number of hydrazine groups is 1. The van der Waals surface area contributed by atoms with Crippen molar-refractivity contribution >= 4 is 17.3 Å². The lowest BCUT2D eigenvalue weighted by molar-refractivity contribution is 0.250. The van der Waals surface area contributed by atoms with Gasteiger partial charge in [-0.3, -0.25) is 5.01 Å². The zero-order valence-electron chi connectivity index (χ0n) is 9.61. The minimum absolute atomic E-state index is 0.0173. The molecule has 4 nitrogen and oxygen atoms in total. The number of aliphatic hydroxyl groups excluding tert-OH is 1. The van der Waals surface area contributed by atoms with Gasteiger partial charge in [0.15, 0.2) is 5.11 Å². The Bertz CT molecular complexity index is 256. The molecule has 0 radical (unpaired) electrons. The van der Waals surface area contributed by atoms with Crippen molar-refractivity contribution in [1.29, 1.82) is 0 Å². The SMILES string of the molecule is NN(CCO)C(=S)NCCC1=CCCCC1. The minimum atomic E-state index is 0.0173. The molecule has 0 atom stereocenters. The van der Waals surface area contributed by atoms with Crippen LogP contribution in [0.1, 0.15) is 32.1 Å². The molecule has 0 heterocycles. The summed E-state index contributed by atoms with van der Waals surface area (Å²) in [7, 11) is 0. The molecule has 5 heteroatoms. The van der Waals surface area contributed by atoms with Crippen LogP contribution in [0.4, 0.5) is 0 Å². The maximum atomic E-state index is 8.70. The molecule has 16 heavy (non-hydrogen) atoms. The van der Waals surface area contributed by atoms with Gasteiger partial charge in [-0.15, -0.1) is 0 Å². The Hall–Kier alpha value is -0.650. The van der Waals surface area contributed by atoms with Crippen LogP contribution in [0.25, 0.3) is 0 Å². The van der Waals surface area contributed by atoms with Crippen molar-refractivity contribution in [2.24, 2.45) is 5.84 Å². The fourth-order valence-electron chi connectivity index (χ4n) is 1.77. The van der Waals surface area contributed by atoms with Crippen molar-refractivity contribution in [2.75, 3.05) is 19.7 Å². The molecule has 0 saturated carbocycles. The molecule has 0 amide bonds. The minimum Gasteiger partial charge on any atom is -0.394 e. The number of nitrogens with one attached hydrogen (secondary N) is 1. The van der Waals surface area contributed by atoms with Gasteiger partial charge in [-0.25, -0.2) is 5.84 Å². The first kappa shape index (κ1) is 13.4. The van der Waals surface area contributed by atoms with Gasteiger partial charge in [-0.1, -0.05) is 11.6 Å². The van der Waals surface area contributed by atoms with Gasteiger partial charge in [0.25, 0.3) is 0 Å². The molecule has 92 valence electrons. The molecule has 0 aromatic carbocycles. The lowest BCUT2D eigenvalue weighted by atomic mass is 9.97. The summed E-state index contributed by atoms with van der Waals surface area (Å²) in [6.45, 7) is 1.21. The number of rotatable bonds is 5. The van der Waals surface area contributed by atoms with Gasteiger partial charge in [0.05, 0.1) is 13.2 Å². The molecular formula is C11H21N3OS. The Morgan fingerprint density at radius 3 is 3.00 bits per heavy atom. The largest absolute Gasteiger partial charge is 0.394 e. The lowest BCUT2D eigenvalue weighted by Gasteiger charge is -2.20. The molecule has 0 fully saturated rings. The number of nitrogens with zero attached hydrogens (tertiary/aromatic N) is 1. The van der Waals surface area contributed by atoms with E-state index in [0.29, 0.717) is 11.7 Å². The first-order valence-electron chi connectivity index (χ1n) is 5.83. The van der Waals surface area contributed by atoms with Crippen molar-refractivity contribution in [2.45, 2.75) is 32.1 Å². The molecule has 0 spiro atoms. The van der Waals surface area contributed by atoms with Crippen LogP contribution in [0, 0.1) is 0 Å². The molecular weight excluding hydrogens is 222 g/mol. The first-order chi connectivity index (χ1) is 7.74. The van der Waals surface area contributed by atoms with Gasteiger partial charge >= 0.3 is 0 Å². The zero-order chi connectivity index (χ0) is 11.8. The van der Waals surface area contributed by atoms with Gasteiger partial charge in [0, 0.05) is 6.54 Å². The third-order valence-corrected chi connectivity index (χ3v) is 3.09. The molecule has 1 rings (SSSR count). The van der Waals surface area contributed by atoms with E-state index in [1.807, 2.05) is 0 Å². The topological polar surface area (TPSA) is 61.5 Å². The van der Waals surface area contributed by atoms with Crippen LogP contribution in [-0.2, 0) is 0 Å². The second-order valence-corrected chi connectivity index (χ2v) is 4.39. The average molecular weight is 243 g/mol. The monoisotopic (exact) mass is 243 g/mol. The molecule has 0 saturated heterocycles. The van der Waals surface area contributed by atoms with Gasteiger partial charge in [-0.2, -0.15) is 0 Å². The van der Waals surface area contributed by atoms with E-state index in [2.05, 4.69) is 11.4 Å². The molecule has 4 N–H and O–H groups in total. The average Bonchev–Trinajstić information content (AvgIpc) is 2.30. The van der Waals surface area contributed by atoms with Gasteiger partial charge in [0.1, 0.15) is 0 Å². The molecule has 0 bridgehead atoms. The van der Waals surface area contributed by atoms with Crippen molar-refractivity contribution in [3.05, 3.63) is 11.6 Å². The molecule has 1 aliphatic rings. The smallest absolute Gasteiger partial charge is 0.183 e. The van der Waals surface area contributed by atoms with Crippen LogP contribution in [-0.4, -0.2) is 34.9 Å². The maximum absolute atomic E-state index is 8.70. The number of thiocarbonyl (C=S) groups is 1. The number of allylic oxidation sites excluding steroid dienone is 1. The fourth-order valence-corrected chi connectivity index (χ4v) is 1.97. The Balaban J connectivity index is 2.14. The van der Waals surface area contributed by atoms with Crippen LogP contribution in [0.3, 0.4) is 0 Å². The fraction of sp³-hybridized carbons (Fsp3) is 0.727. The summed E-state index contributed by atoms with van der Waals surface area (Å²) in [6.07, 6.45) is 8.44. The maximum Gasteiger partial charge on any atom is 0.183 e. The van der Waals surface area contributed by atoms with Crippen LogP contribution < -0.4 is 11.2 Å². The van der Waals surface area contributed by atoms with E-state index in [-0.39, 0.29) is 6.61 Å². The van der Waals surface area contributed by atoms with E-state index in [1.165, 1.54) is 36.3 Å². The summed E-state index contributed by atoms with van der Waals surface area (Å²) < 4.78 is 0. The van der Waals surface area contributed by atoms with E-state index in [9.17, 15) is 0 Å². The van der Waals surface area contributed by atoms with Crippen LogP contribution in [0.5, 0.6) is 0 Å². The van der Waals surface area contributed by atoms with E-state index < -0.39 is 0 Å². The molecule has 0 aromatic rings. The highest BCUT2D eigenvalue weighted by Gasteiger charge is 2.05. The predicted octanol–water partition coefficient (Wildman–Crippen LogP) is 0.919. The van der Waals surface area contributed by atoms with Gasteiger partial charge in [-0.05, 0) is 44.3 Å². The summed E-state index contributed by atoms with van der Waals surface area (Å²) in [6, 6.07) is 0. The van der Waals surface area contributed by atoms with Crippen molar-refractivity contribution in [3.8, 4) is 0 Å². The lowest BCUT2D eigenvalue weighted by Crippen LogP contribution is -2.46. The van der Waals surface area contributed by atoms with E-state index >= 15 is 0 Å². The summed E-state index contributed by atoms with van der Waals surface area (Å²) >= 11 is 5.07. The quantitative estimate of drug-likeness (QED) is 0.290. The molecule has 0 unspecified atom stereocenters. The molecule has 0 aromatic heterocycles. The highest BCUT2D eigenvalue weighted by Crippen LogP contribution is 2.19. The van der Waals surface area contributed by atoms with E-state index in [0.717, 1.165) is 13.0 Å². The third-order valence-electron chi connectivity index (χ3n) is 2.71. The van der Waals surface area contributed by atoms with Crippen LogP contribution >= 0.6 is 12.2 Å². The molecule has 1 aliphatic carbocycles. The standard InChI is InChI=1S/C11H21N3OS/c12-14(8-9-15)11(16)13-7-6-10-4-2-1-3-5-10/h4,15H,1-3,5-9,12H2,(H,13,16). The van der Waals surface area contributed by atoms with Crippen molar-refractivity contribution in [3.63, 3.8) is 0 Å². The third kappa shape index (κ3) is 4.92. The predicted molar refractivity (Wildman–Crippen MR) is 69.7 cm³/mol. The summed E-state index contributed by atoms with van der Waals surface area (Å²) in [5.74, 6) is 5.60. The Morgan fingerprint density at radius 1 is 1.56 bits per heavy atom. The number of nitrogens with two attached hydrogens (primary N) is 1. The highest BCUT2D eigenvalue weighted by molar-refractivity contribution is 7.80. The number of hydrogen-bond donors (Lipinski definition) is 3. The Kier molecular flexibility index (Phi) is 6.37. The number of aliphatic hydroxyl groups is 1. The normalized spacial score (nSPS) is 15.5. The second kappa shape index (κ2) is 7.60. The van der Waals surface area contributed by atoms with Crippen LogP contribution in [0.2, 0.25) is 0 Å². The van der Waals surface area contributed by atoms with Gasteiger partial charge < -0.3 is 10.4 Å². The summed E-state index contributed by atoms with van der Waals surface area (Å²) in [4.78, 5) is 0.